The van der Waals surface area contributed by atoms with Gasteiger partial charge in [0.1, 0.15) is 17.5 Å². The molecule has 1 N–H and O–H groups in total. The number of nitrogens with zero attached hydrogens (tertiary/aromatic N) is 1. The second kappa shape index (κ2) is 12.9. The van der Waals surface area contributed by atoms with Crippen molar-refractivity contribution >= 4 is 27.7 Å². The predicted molar refractivity (Wildman–Crippen MR) is 137 cm³/mol. The molecule has 11 nitrogen and oxygen atoms in total. The lowest BCUT2D eigenvalue weighted by atomic mass is 10.0. The summed E-state index contributed by atoms with van der Waals surface area (Å²) in [6.07, 6.45) is 0. The van der Waals surface area contributed by atoms with Crippen molar-refractivity contribution in [1.82, 2.24) is 9.62 Å². The first-order valence-corrected chi connectivity index (χ1v) is 13.4. The van der Waals surface area contributed by atoms with Crippen molar-refractivity contribution in [3.63, 3.8) is 0 Å². The number of carbonyl (C=O) groups excluding carboxylic acids is 3. The molecule has 0 spiro atoms. The topological polar surface area (TPSA) is 138 Å². The van der Waals surface area contributed by atoms with E-state index < -0.39 is 40.3 Å². The van der Waals surface area contributed by atoms with Gasteiger partial charge in [0.2, 0.25) is 15.8 Å². The minimum Gasteiger partial charge on any atom is -0.497 e. The van der Waals surface area contributed by atoms with Crippen LogP contribution in [-0.4, -0.2) is 83.6 Å². The maximum absolute atomic E-state index is 13.0. The van der Waals surface area contributed by atoms with Crippen molar-refractivity contribution < 1.29 is 41.7 Å². The monoisotopic (exact) mass is 548 g/mol. The smallest absolute Gasteiger partial charge is 0.329 e. The molecule has 0 saturated carbocycles. The van der Waals surface area contributed by atoms with E-state index in [0.29, 0.717) is 24.7 Å². The van der Waals surface area contributed by atoms with Crippen LogP contribution in [0.25, 0.3) is 0 Å². The third kappa shape index (κ3) is 6.88. The van der Waals surface area contributed by atoms with E-state index in [1.54, 1.807) is 26.0 Å². The Hall–Kier alpha value is -3.48. The second-order valence-electron chi connectivity index (χ2n) is 8.84. The molecular formula is C26H32N2O9S. The van der Waals surface area contributed by atoms with Gasteiger partial charge in [0.25, 0.3) is 5.91 Å². The number of rotatable bonds is 11. The Kier molecular flexibility index (Phi) is 9.84. The zero-order chi connectivity index (χ0) is 27.9. The van der Waals surface area contributed by atoms with Crippen molar-refractivity contribution in [2.45, 2.75) is 24.8 Å². The van der Waals surface area contributed by atoms with Crippen molar-refractivity contribution in [3.05, 3.63) is 53.6 Å². The van der Waals surface area contributed by atoms with Crippen LogP contribution in [0.15, 0.2) is 47.4 Å². The van der Waals surface area contributed by atoms with Gasteiger partial charge in [-0.05, 0) is 42.3 Å². The quantitative estimate of drug-likeness (QED) is 0.330. The predicted octanol–water partition coefficient (Wildman–Crippen LogP) is 1.91. The molecule has 3 rings (SSSR count). The van der Waals surface area contributed by atoms with Crippen LogP contribution in [-0.2, 0) is 24.3 Å². The number of ether oxygens (including phenoxy) is 4. The fourth-order valence-electron chi connectivity index (χ4n) is 3.79. The van der Waals surface area contributed by atoms with Crippen LogP contribution in [0.5, 0.6) is 11.5 Å². The van der Waals surface area contributed by atoms with E-state index in [0.717, 1.165) is 0 Å². The molecule has 1 heterocycles. The third-order valence-electron chi connectivity index (χ3n) is 5.96. The van der Waals surface area contributed by atoms with Gasteiger partial charge in [-0.2, -0.15) is 4.31 Å². The molecule has 0 radical (unpaired) electrons. The van der Waals surface area contributed by atoms with Crippen LogP contribution in [0.3, 0.4) is 0 Å². The number of hydrogen-bond donors (Lipinski definition) is 1. The van der Waals surface area contributed by atoms with E-state index in [-0.39, 0.29) is 35.0 Å². The van der Waals surface area contributed by atoms with E-state index in [1.807, 2.05) is 0 Å². The highest BCUT2D eigenvalue weighted by Crippen LogP contribution is 2.24. The van der Waals surface area contributed by atoms with Crippen LogP contribution < -0.4 is 14.8 Å². The number of methoxy groups -OCH3 is 2. The summed E-state index contributed by atoms with van der Waals surface area (Å²) in [6.45, 7) is 3.88. The maximum atomic E-state index is 13.0. The molecule has 206 valence electrons. The molecule has 2 aromatic rings. The zero-order valence-corrected chi connectivity index (χ0v) is 22.6. The summed E-state index contributed by atoms with van der Waals surface area (Å²) in [7, 11) is -0.939. The normalized spacial score (nSPS) is 15.0. The Balaban J connectivity index is 1.69. The molecule has 1 aliphatic heterocycles. The fraction of sp³-hybridized carbons (Fsp3) is 0.423. The Labute approximate surface area is 222 Å². The number of esters is 1. The molecule has 1 amide bonds. The summed E-state index contributed by atoms with van der Waals surface area (Å²) in [6, 6.07) is 9.19. The molecule has 1 atom stereocenters. The van der Waals surface area contributed by atoms with Gasteiger partial charge in [0.15, 0.2) is 6.61 Å². The van der Waals surface area contributed by atoms with Gasteiger partial charge in [-0.1, -0.05) is 19.9 Å². The molecule has 0 bridgehead atoms. The number of carbonyl (C=O) groups is 3. The van der Waals surface area contributed by atoms with E-state index in [9.17, 15) is 22.8 Å². The average Bonchev–Trinajstić information content (AvgIpc) is 2.94. The number of nitrogens with one attached hydrogen (secondary N) is 1. The highest BCUT2D eigenvalue weighted by molar-refractivity contribution is 7.89. The minimum absolute atomic E-state index is 0.0337. The summed E-state index contributed by atoms with van der Waals surface area (Å²) in [4.78, 5) is 38.5. The number of ketones is 1. The van der Waals surface area contributed by atoms with Gasteiger partial charge >= 0.3 is 5.97 Å². The van der Waals surface area contributed by atoms with Gasteiger partial charge in [-0.15, -0.1) is 0 Å². The summed E-state index contributed by atoms with van der Waals surface area (Å²) >= 11 is 0. The summed E-state index contributed by atoms with van der Waals surface area (Å²) < 4.78 is 48.0. The minimum atomic E-state index is -3.81. The number of Topliss-reactive ketones (excluding diaryl/α,β-unsaturated/α-hetero) is 1. The first-order valence-electron chi connectivity index (χ1n) is 12.0. The van der Waals surface area contributed by atoms with E-state index >= 15 is 0 Å². The number of hydrogen-bond acceptors (Lipinski definition) is 9. The summed E-state index contributed by atoms with van der Waals surface area (Å²) in [5.74, 6) is -1.61. The van der Waals surface area contributed by atoms with Gasteiger partial charge < -0.3 is 24.3 Å². The van der Waals surface area contributed by atoms with Crippen molar-refractivity contribution in [2.75, 3.05) is 47.1 Å². The Bertz CT molecular complexity index is 1270. The number of benzene rings is 2. The van der Waals surface area contributed by atoms with Crippen molar-refractivity contribution in [2.24, 2.45) is 5.92 Å². The molecule has 38 heavy (non-hydrogen) atoms. The number of morpholine rings is 1. The van der Waals surface area contributed by atoms with Crippen LogP contribution in [0.4, 0.5) is 0 Å². The zero-order valence-electron chi connectivity index (χ0n) is 21.8. The Morgan fingerprint density at radius 2 is 1.74 bits per heavy atom. The number of amides is 1. The van der Waals surface area contributed by atoms with Gasteiger partial charge in [-0.3, -0.25) is 9.59 Å². The van der Waals surface area contributed by atoms with Gasteiger partial charge in [0.05, 0.1) is 37.9 Å². The molecule has 1 unspecified atom stereocenters. The molecule has 1 saturated heterocycles. The second-order valence-corrected chi connectivity index (χ2v) is 10.8. The standard InChI is InChI=1S/C26H32N2O9S/c1-17(2)24(26(31)37-16-22(29)21-15-19(34-3)8-9-23(21)35-4)27-25(30)18-6-5-7-20(14-18)38(32,33)28-10-12-36-13-11-28/h5-9,14-15,17,24H,10-13,16H2,1-4H3,(H,27,30). The van der Waals surface area contributed by atoms with Crippen LogP contribution >= 0.6 is 0 Å². The molecule has 0 aliphatic carbocycles. The first-order chi connectivity index (χ1) is 18.1. The van der Waals surface area contributed by atoms with E-state index in [4.69, 9.17) is 18.9 Å². The summed E-state index contributed by atoms with van der Waals surface area (Å²) in [5, 5.41) is 2.60. The fourth-order valence-corrected chi connectivity index (χ4v) is 5.25. The van der Waals surface area contributed by atoms with E-state index in [2.05, 4.69) is 5.32 Å². The first kappa shape index (κ1) is 29.1. The molecule has 2 aromatic carbocycles. The Morgan fingerprint density at radius 1 is 1.03 bits per heavy atom. The maximum Gasteiger partial charge on any atom is 0.329 e. The molecule has 1 aliphatic rings. The SMILES string of the molecule is COc1ccc(OC)c(C(=O)COC(=O)C(NC(=O)c2cccc(S(=O)(=O)N3CCOCC3)c2)C(C)C)c1. The molecule has 1 fully saturated rings. The van der Waals surface area contributed by atoms with Gasteiger partial charge in [0, 0.05) is 18.7 Å². The van der Waals surface area contributed by atoms with Crippen molar-refractivity contribution in [1.29, 1.82) is 0 Å². The number of sulfonamides is 1. The van der Waals surface area contributed by atoms with Crippen LogP contribution in [0, 0.1) is 5.92 Å². The lowest BCUT2D eigenvalue weighted by molar-refractivity contribution is -0.145. The van der Waals surface area contributed by atoms with Crippen LogP contribution in [0.2, 0.25) is 0 Å². The summed E-state index contributed by atoms with van der Waals surface area (Å²) in [5.41, 5.74) is 0.248. The molecular weight excluding hydrogens is 516 g/mol. The van der Waals surface area contributed by atoms with Crippen LogP contribution in [0.1, 0.15) is 34.6 Å². The largest absolute Gasteiger partial charge is 0.497 e. The molecule has 0 aromatic heterocycles. The van der Waals surface area contributed by atoms with Gasteiger partial charge in [-0.25, -0.2) is 13.2 Å². The lowest BCUT2D eigenvalue weighted by Gasteiger charge is -2.26. The van der Waals surface area contributed by atoms with E-state index in [1.165, 1.54) is 48.9 Å². The highest BCUT2D eigenvalue weighted by atomic mass is 32.2. The average molecular weight is 549 g/mol. The molecule has 12 heteroatoms. The highest BCUT2D eigenvalue weighted by Gasteiger charge is 2.29. The third-order valence-corrected chi connectivity index (χ3v) is 7.86. The Morgan fingerprint density at radius 3 is 2.37 bits per heavy atom. The van der Waals surface area contributed by atoms with Crippen molar-refractivity contribution in [3.8, 4) is 11.5 Å². The lowest BCUT2D eigenvalue weighted by Crippen LogP contribution is -2.45.